The highest BCUT2D eigenvalue weighted by Gasteiger charge is 2.34. The van der Waals surface area contributed by atoms with Gasteiger partial charge in [-0.05, 0) is 55.2 Å². The van der Waals surface area contributed by atoms with Crippen molar-refractivity contribution in [3.05, 3.63) is 95.3 Å². The molecule has 0 aliphatic heterocycles. The van der Waals surface area contributed by atoms with Crippen LogP contribution in [-0.4, -0.2) is 23.7 Å². The van der Waals surface area contributed by atoms with Gasteiger partial charge in [-0.3, -0.25) is 4.79 Å². The first-order valence-electron chi connectivity index (χ1n) is 10.4. The lowest BCUT2D eigenvalue weighted by Crippen LogP contribution is -2.35. The molecule has 1 amide bonds. The van der Waals surface area contributed by atoms with Crippen molar-refractivity contribution in [1.29, 1.82) is 0 Å². The summed E-state index contributed by atoms with van der Waals surface area (Å²) in [5.74, 6) is -2.27. The molecule has 1 unspecified atom stereocenters. The minimum Gasteiger partial charge on any atom is -0.507 e. The Morgan fingerprint density at radius 3 is 2.39 bits per heavy atom. The molecule has 0 heterocycles. The van der Waals surface area contributed by atoms with Gasteiger partial charge in [0.15, 0.2) is 0 Å². The summed E-state index contributed by atoms with van der Waals surface area (Å²) in [7, 11) is 0. The molecule has 0 aliphatic carbocycles. The lowest BCUT2D eigenvalue weighted by Gasteiger charge is -2.21. The smallest absolute Gasteiger partial charge is 0.419 e. The number of halogens is 4. The summed E-state index contributed by atoms with van der Waals surface area (Å²) in [5.41, 5.74) is -0.251. The van der Waals surface area contributed by atoms with Crippen LogP contribution in [0.2, 0.25) is 0 Å². The SMILES string of the molecule is O=C(NCC(CCCc1ccccc1)Oc1ccc(F)c(C(F)(F)F)c1)c1ccccc1O. The first-order chi connectivity index (χ1) is 15.7. The van der Waals surface area contributed by atoms with E-state index in [0.29, 0.717) is 31.4 Å². The zero-order valence-corrected chi connectivity index (χ0v) is 17.6. The van der Waals surface area contributed by atoms with Crippen molar-refractivity contribution >= 4 is 5.91 Å². The zero-order valence-electron chi connectivity index (χ0n) is 17.6. The molecule has 0 radical (unpaired) electrons. The van der Waals surface area contributed by atoms with Gasteiger partial charge in [0.25, 0.3) is 5.91 Å². The lowest BCUT2D eigenvalue weighted by molar-refractivity contribution is -0.140. The lowest BCUT2D eigenvalue weighted by atomic mass is 10.1. The molecule has 4 nitrogen and oxygen atoms in total. The van der Waals surface area contributed by atoms with E-state index < -0.39 is 29.6 Å². The van der Waals surface area contributed by atoms with Crippen molar-refractivity contribution < 1.29 is 32.2 Å². The molecule has 0 spiro atoms. The van der Waals surface area contributed by atoms with Crippen molar-refractivity contribution in [2.24, 2.45) is 0 Å². The number of ether oxygens (including phenoxy) is 1. The molecule has 174 valence electrons. The maximum atomic E-state index is 13.6. The minimum absolute atomic E-state index is 0.0132. The van der Waals surface area contributed by atoms with Crippen molar-refractivity contribution in [1.82, 2.24) is 5.32 Å². The number of rotatable bonds is 9. The predicted molar refractivity (Wildman–Crippen MR) is 116 cm³/mol. The molecule has 0 bridgehead atoms. The van der Waals surface area contributed by atoms with Crippen molar-refractivity contribution in [2.45, 2.75) is 31.5 Å². The first-order valence-corrected chi connectivity index (χ1v) is 10.4. The molecular weight excluding hydrogens is 438 g/mol. The Bertz CT molecular complexity index is 1070. The fourth-order valence-electron chi connectivity index (χ4n) is 3.34. The highest BCUT2D eigenvalue weighted by atomic mass is 19.4. The summed E-state index contributed by atoms with van der Waals surface area (Å²) in [6.45, 7) is -0.0132. The fourth-order valence-corrected chi connectivity index (χ4v) is 3.34. The molecule has 0 fully saturated rings. The number of hydrogen-bond acceptors (Lipinski definition) is 3. The van der Waals surface area contributed by atoms with Gasteiger partial charge < -0.3 is 15.2 Å². The first kappa shape index (κ1) is 24.1. The number of para-hydroxylation sites is 1. The van der Waals surface area contributed by atoms with E-state index in [0.717, 1.165) is 11.6 Å². The molecule has 0 aliphatic rings. The van der Waals surface area contributed by atoms with Gasteiger partial charge in [-0.15, -0.1) is 0 Å². The number of aryl methyl sites for hydroxylation is 1. The number of nitrogens with one attached hydrogen (secondary N) is 1. The van der Waals surface area contributed by atoms with E-state index in [1.807, 2.05) is 30.3 Å². The van der Waals surface area contributed by atoms with Gasteiger partial charge in [-0.1, -0.05) is 42.5 Å². The highest BCUT2D eigenvalue weighted by molar-refractivity contribution is 5.96. The number of aromatic hydroxyl groups is 1. The minimum atomic E-state index is -4.86. The fraction of sp³-hybridized carbons (Fsp3) is 0.240. The summed E-state index contributed by atoms with van der Waals surface area (Å²) < 4.78 is 58.5. The summed E-state index contributed by atoms with van der Waals surface area (Å²) >= 11 is 0. The molecule has 0 saturated carbocycles. The highest BCUT2D eigenvalue weighted by Crippen LogP contribution is 2.34. The van der Waals surface area contributed by atoms with E-state index in [1.165, 1.54) is 12.1 Å². The monoisotopic (exact) mass is 461 g/mol. The Balaban J connectivity index is 1.70. The van der Waals surface area contributed by atoms with Crippen LogP contribution in [0.1, 0.15) is 34.3 Å². The van der Waals surface area contributed by atoms with Crippen LogP contribution in [-0.2, 0) is 12.6 Å². The van der Waals surface area contributed by atoms with Crippen LogP contribution in [0, 0.1) is 5.82 Å². The largest absolute Gasteiger partial charge is 0.507 e. The van der Waals surface area contributed by atoms with Crippen molar-refractivity contribution in [2.75, 3.05) is 6.54 Å². The Hall–Kier alpha value is -3.55. The van der Waals surface area contributed by atoms with Crippen molar-refractivity contribution in [3.8, 4) is 11.5 Å². The topological polar surface area (TPSA) is 58.6 Å². The number of hydrogen-bond donors (Lipinski definition) is 2. The quantitative estimate of drug-likeness (QED) is 0.399. The molecule has 8 heteroatoms. The molecule has 3 aromatic carbocycles. The van der Waals surface area contributed by atoms with Crippen molar-refractivity contribution in [3.63, 3.8) is 0 Å². The molecule has 2 N–H and O–H groups in total. The molecule has 3 aromatic rings. The van der Waals surface area contributed by atoms with Gasteiger partial charge >= 0.3 is 6.18 Å². The third-order valence-electron chi connectivity index (χ3n) is 5.02. The van der Waals surface area contributed by atoms with Gasteiger partial charge in [0.1, 0.15) is 23.4 Å². The zero-order chi connectivity index (χ0) is 23.8. The second-order valence-corrected chi connectivity index (χ2v) is 7.48. The van der Waals surface area contributed by atoms with Crippen LogP contribution in [0.15, 0.2) is 72.8 Å². The molecule has 0 aromatic heterocycles. The average molecular weight is 461 g/mol. The van der Waals surface area contributed by atoms with E-state index in [1.54, 1.807) is 12.1 Å². The van der Waals surface area contributed by atoms with Crippen LogP contribution in [0.4, 0.5) is 17.6 Å². The summed E-state index contributed by atoms with van der Waals surface area (Å²) in [4.78, 5) is 12.4. The van der Waals surface area contributed by atoms with Gasteiger partial charge in [0, 0.05) is 0 Å². The van der Waals surface area contributed by atoms with E-state index in [2.05, 4.69) is 5.32 Å². The number of carbonyl (C=O) groups is 1. The molecule has 33 heavy (non-hydrogen) atoms. The third kappa shape index (κ3) is 6.97. The molecule has 1 atom stereocenters. The van der Waals surface area contributed by atoms with Crippen LogP contribution in [0.3, 0.4) is 0 Å². The molecule has 0 saturated heterocycles. The number of alkyl halides is 3. The van der Waals surface area contributed by atoms with Crippen LogP contribution in [0.25, 0.3) is 0 Å². The molecule has 3 rings (SSSR count). The Morgan fingerprint density at radius 2 is 1.70 bits per heavy atom. The second-order valence-electron chi connectivity index (χ2n) is 7.48. The van der Waals surface area contributed by atoms with Gasteiger partial charge in [0.05, 0.1) is 17.7 Å². The van der Waals surface area contributed by atoms with Crippen LogP contribution < -0.4 is 10.1 Å². The maximum Gasteiger partial charge on any atom is 0.419 e. The number of benzene rings is 3. The summed E-state index contributed by atoms with van der Waals surface area (Å²) in [5, 5.41) is 12.5. The average Bonchev–Trinajstić information content (AvgIpc) is 2.78. The third-order valence-corrected chi connectivity index (χ3v) is 5.02. The van der Waals surface area contributed by atoms with Gasteiger partial charge in [-0.2, -0.15) is 13.2 Å². The number of phenolic OH excluding ortho intramolecular Hbond substituents is 1. The van der Waals surface area contributed by atoms with Gasteiger partial charge in [0.2, 0.25) is 0 Å². The van der Waals surface area contributed by atoms with Crippen LogP contribution >= 0.6 is 0 Å². The van der Waals surface area contributed by atoms with E-state index in [-0.39, 0.29) is 23.6 Å². The Labute approximate surface area is 188 Å². The normalized spacial score (nSPS) is 12.2. The maximum absolute atomic E-state index is 13.6. The van der Waals surface area contributed by atoms with Crippen LogP contribution in [0.5, 0.6) is 11.5 Å². The van der Waals surface area contributed by atoms with E-state index >= 15 is 0 Å². The Morgan fingerprint density at radius 1 is 1.00 bits per heavy atom. The second kappa shape index (κ2) is 10.8. The predicted octanol–water partition coefficient (Wildman–Crippen LogP) is 5.75. The number of phenols is 1. The Kier molecular flexibility index (Phi) is 7.92. The summed E-state index contributed by atoms with van der Waals surface area (Å²) in [6, 6.07) is 18.1. The molecular formula is C25H23F4NO3. The summed E-state index contributed by atoms with van der Waals surface area (Å²) in [6.07, 6.45) is -3.74. The van der Waals surface area contributed by atoms with E-state index in [9.17, 15) is 27.5 Å². The van der Waals surface area contributed by atoms with Gasteiger partial charge in [-0.25, -0.2) is 4.39 Å². The van der Waals surface area contributed by atoms with E-state index in [4.69, 9.17) is 4.74 Å². The number of carbonyl (C=O) groups excluding carboxylic acids is 1. The standard InChI is InChI=1S/C25H23F4NO3/c26-22-14-13-18(15-21(22)25(27,28)29)33-19(10-6-9-17-7-2-1-3-8-17)16-30-24(32)20-11-4-5-12-23(20)31/h1-5,7-8,11-15,19,31H,6,9-10,16H2,(H,30,32). The number of amides is 1.